The molecule has 1 heterocycles. The maximum Gasteiger partial charge on any atom is 0.234 e. The van der Waals surface area contributed by atoms with Crippen LogP contribution in [-0.2, 0) is 4.79 Å². The topological polar surface area (TPSA) is 85.8 Å². The Morgan fingerprint density at radius 2 is 2.29 bits per heavy atom. The Morgan fingerprint density at radius 1 is 1.48 bits per heavy atom. The summed E-state index contributed by atoms with van der Waals surface area (Å²) < 4.78 is 1.50. The molecular formula is C14H17N5OS. The summed E-state index contributed by atoms with van der Waals surface area (Å²) in [7, 11) is 0. The second-order valence-electron chi connectivity index (χ2n) is 5.19. The van der Waals surface area contributed by atoms with E-state index in [1.165, 1.54) is 16.4 Å². The minimum atomic E-state index is -0.0819. The first-order chi connectivity index (χ1) is 10.1. The third-order valence-electron chi connectivity index (χ3n) is 3.27. The molecule has 0 aliphatic heterocycles. The number of carbonyl (C=O) groups is 1. The van der Waals surface area contributed by atoms with Crippen molar-refractivity contribution in [3.05, 3.63) is 35.7 Å². The first-order valence-electron chi connectivity index (χ1n) is 6.83. The molecule has 0 radical (unpaired) electrons. The third kappa shape index (κ3) is 3.36. The third-order valence-corrected chi connectivity index (χ3v) is 4.21. The lowest BCUT2D eigenvalue weighted by atomic mass is 10.2. The van der Waals surface area contributed by atoms with Gasteiger partial charge in [-0.1, -0.05) is 23.9 Å². The van der Waals surface area contributed by atoms with Crippen molar-refractivity contribution in [2.75, 3.05) is 16.9 Å². The van der Waals surface area contributed by atoms with Crippen LogP contribution in [0.4, 0.5) is 5.69 Å². The summed E-state index contributed by atoms with van der Waals surface area (Å²) in [6, 6.07) is 7.70. The summed E-state index contributed by atoms with van der Waals surface area (Å²) >= 11 is 1.30. The maximum atomic E-state index is 11.9. The summed E-state index contributed by atoms with van der Waals surface area (Å²) in [5.41, 5.74) is 1.91. The summed E-state index contributed by atoms with van der Waals surface area (Å²) in [5.74, 6) is 7.38. The number of nitrogen functional groups attached to an aromatic ring is 1. The van der Waals surface area contributed by atoms with Crippen LogP contribution in [0.25, 0.3) is 0 Å². The highest BCUT2D eigenvalue weighted by Gasteiger charge is 2.29. The second-order valence-corrected chi connectivity index (χ2v) is 6.13. The molecule has 7 heteroatoms. The predicted molar refractivity (Wildman–Crippen MR) is 82.7 cm³/mol. The van der Waals surface area contributed by atoms with E-state index >= 15 is 0 Å². The number of nitrogens with one attached hydrogen (secondary N) is 1. The van der Waals surface area contributed by atoms with E-state index in [2.05, 4.69) is 15.5 Å². The highest BCUT2D eigenvalue weighted by atomic mass is 32.2. The van der Waals surface area contributed by atoms with Crippen molar-refractivity contribution in [1.82, 2.24) is 14.9 Å². The second kappa shape index (κ2) is 5.77. The number of nitrogens with two attached hydrogens (primary N) is 1. The summed E-state index contributed by atoms with van der Waals surface area (Å²) in [6.45, 7) is 1.99. The van der Waals surface area contributed by atoms with Gasteiger partial charge < -0.3 is 11.2 Å². The Kier molecular flexibility index (Phi) is 3.83. The summed E-state index contributed by atoms with van der Waals surface area (Å²) in [6.07, 6.45) is 2.24. The molecule has 0 bridgehead atoms. The minimum Gasteiger partial charge on any atom is -0.336 e. The van der Waals surface area contributed by atoms with Crippen LogP contribution in [0.3, 0.4) is 0 Å². The van der Waals surface area contributed by atoms with Gasteiger partial charge in [-0.25, -0.2) is 4.68 Å². The number of anilines is 1. The molecule has 1 fully saturated rings. The Hall–Kier alpha value is -2.02. The first-order valence-corrected chi connectivity index (χ1v) is 7.82. The van der Waals surface area contributed by atoms with Crippen LogP contribution in [0.2, 0.25) is 0 Å². The van der Waals surface area contributed by atoms with Crippen molar-refractivity contribution in [1.29, 1.82) is 0 Å². The van der Waals surface area contributed by atoms with Gasteiger partial charge in [-0.15, -0.1) is 10.2 Å². The van der Waals surface area contributed by atoms with Crippen LogP contribution in [0.5, 0.6) is 0 Å². The lowest BCUT2D eigenvalue weighted by Gasteiger charge is -2.06. The van der Waals surface area contributed by atoms with Gasteiger partial charge in [-0.05, 0) is 37.5 Å². The molecule has 1 amide bonds. The molecule has 1 aliphatic rings. The number of amides is 1. The van der Waals surface area contributed by atoms with Crippen LogP contribution in [0.1, 0.15) is 30.1 Å². The largest absolute Gasteiger partial charge is 0.336 e. The average Bonchev–Trinajstić information content (AvgIpc) is 3.21. The number of carbonyl (C=O) groups excluding carboxylic acids is 1. The van der Waals surface area contributed by atoms with Crippen molar-refractivity contribution in [2.45, 2.75) is 30.8 Å². The van der Waals surface area contributed by atoms with Crippen molar-refractivity contribution < 1.29 is 4.79 Å². The molecule has 1 aromatic carbocycles. The minimum absolute atomic E-state index is 0.0819. The molecule has 6 nitrogen and oxygen atoms in total. The van der Waals surface area contributed by atoms with E-state index in [-0.39, 0.29) is 11.7 Å². The molecule has 0 spiro atoms. The molecule has 1 aliphatic carbocycles. The Morgan fingerprint density at radius 3 is 3.00 bits per heavy atom. The van der Waals surface area contributed by atoms with E-state index in [0.717, 1.165) is 29.9 Å². The predicted octanol–water partition coefficient (Wildman–Crippen LogP) is 1.91. The fourth-order valence-corrected chi connectivity index (χ4v) is 2.72. The zero-order valence-electron chi connectivity index (χ0n) is 11.7. The van der Waals surface area contributed by atoms with Crippen molar-refractivity contribution in [2.24, 2.45) is 0 Å². The molecule has 2 aromatic rings. The van der Waals surface area contributed by atoms with Crippen LogP contribution in [0.15, 0.2) is 29.4 Å². The fraction of sp³-hybridized carbons (Fsp3) is 0.357. The normalized spacial score (nSPS) is 14.1. The number of aromatic nitrogens is 3. The lowest BCUT2D eigenvalue weighted by Crippen LogP contribution is -2.17. The van der Waals surface area contributed by atoms with Gasteiger partial charge in [0.05, 0.1) is 5.75 Å². The smallest absolute Gasteiger partial charge is 0.234 e. The standard InChI is InChI=1S/C14H17N5OS/c1-9-3-2-4-11(7-9)16-12(20)8-21-14-18-17-13(19(14)15)10-5-6-10/h2-4,7,10H,5-6,8,15H2,1H3,(H,16,20). The van der Waals surface area contributed by atoms with Gasteiger partial charge >= 0.3 is 0 Å². The highest BCUT2D eigenvalue weighted by Crippen LogP contribution is 2.39. The molecule has 3 rings (SSSR count). The van der Waals surface area contributed by atoms with Gasteiger partial charge in [0.25, 0.3) is 0 Å². The molecule has 0 atom stereocenters. The van der Waals surface area contributed by atoms with Gasteiger partial charge in [-0.3, -0.25) is 4.79 Å². The number of rotatable bonds is 5. The number of hydrogen-bond donors (Lipinski definition) is 2. The molecule has 0 unspecified atom stereocenters. The van der Waals surface area contributed by atoms with E-state index in [1.807, 2.05) is 31.2 Å². The van der Waals surface area contributed by atoms with Crippen molar-refractivity contribution in [3.8, 4) is 0 Å². The molecule has 3 N–H and O–H groups in total. The number of nitrogens with zero attached hydrogens (tertiary/aromatic N) is 3. The van der Waals surface area contributed by atoms with E-state index < -0.39 is 0 Å². The highest BCUT2D eigenvalue weighted by molar-refractivity contribution is 7.99. The SMILES string of the molecule is Cc1cccc(NC(=O)CSc2nnc(C3CC3)n2N)c1. The number of hydrogen-bond acceptors (Lipinski definition) is 5. The lowest BCUT2D eigenvalue weighted by molar-refractivity contribution is -0.113. The summed E-state index contributed by atoms with van der Waals surface area (Å²) in [4.78, 5) is 11.9. The van der Waals surface area contributed by atoms with Crippen molar-refractivity contribution >= 4 is 23.4 Å². The van der Waals surface area contributed by atoms with Gasteiger partial charge in [0.1, 0.15) is 0 Å². The van der Waals surface area contributed by atoms with Gasteiger partial charge in [0.2, 0.25) is 11.1 Å². The van der Waals surface area contributed by atoms with Crippen LogP contribution < -0.4 is 11.2 Å². The average molecular weight is 303 g/mol. The molecule has 1 saturated carbocycles. The molecule has 1 aromatic heterocycles. The number of thioether (sulfide) groups is 1. The summed E-state index contributed by atoms with van der Waals surface area (Å²) in [5, 5.41) is 11.6. The fourth-order valence-electron chi connectivity index (χ4n) is 2.06. The molecule has 0 saturated heterocycles. The van der Waals surface area contributed by atoms with Gasteiger partial charge in [0, 0.05) is 11.6 Å². The zero-order chi connectivity index (χ0) is 14.8. The van der Waals surface area contributed by atoms with Gasteiger partial charge in [0.15, 0.2) is 5.82 Å². The zero-order valence-corrected chi connectivity index (χ0v) is 12.6. The Labute approximate surface area is 127 Å². The molecule has 21 heavy (non-hydrogen) atoms. The Bertz CT molecular complexity index is 665. The van der Waals surface area contributed by atoms with Crippen LogP contribution in [0, 0.1) is 6.92 Å². The van der Waals surface area contributed by atoms with E-state index in [1.54, 1.807) is 0 Å². The van der Waals surface area contributed by atoms with E-state index in [9.17, 15) is 4.79 Å². The van der Waals surface area contributed by atoms with Crippen LogP contribution >= 0.6 is 11.8 Å². The first kappa shape index (κ1) is 13.9. The quantitative estimate of drug-likeness (QED) is 0.651. The maximum absolute atomic E-state index is 11.9. The number of benzene rings is 1. The number of aryl methyl sites for hydroxylation is 1. The van der Waals surface area contributed by atoms with E-state index in [4.69, 9.17) is 5.84 Å². The van der Waals surface area contributed by atoms with Gasteiger partial charge in [-0.2, -0.15) is 0 Å². The Balaban J connectivity index is 1.56. The molecular weight excluding hydrogens is 286 g/mol. The van der Waals surface area contributed by atoms with Crippen LogP contribution in [-0.4, -0.2) is 26.5 Å². The molecule has 110 valence electrons. The monoisotopic (exact) mass is 303 g/mol. The van der Waals surface area contributed by atoms with E-state index in [0.29, 0.717) is 11.1 Å². The van der Waals surface area contributed by atoms with Crippen molar-refractivity contribution in [3.63, 3.8) is 0 Å².